The van der Waals surface area contributed by atoms with Gasteiger partial charge in [0, 0.05) is 19.6 Å². The summed E-state index contributed by atoms with van der Waals surface area (Å²) in [5, 5.41) is 8.42. The fourth-order valence-electron chi connectivity index (χ4n) is 2.83. The number of amides is 1. The molecule has 0 radical (unpaired) electrons. The molecule has 9 heteroatoms. The van der Waals surface area contributed by atoms with E-state index in [1.807, 2.05) is 37.4 Å². The predicted molar refractivity (Wildman–Crippen MR) is 95.8 cm³/mol. The van der Waals surface area contributed by atoms with Crippen LogP contribution >= 0.6 is 11.8 Å². The third kappa shape index (κ3) is 4.60. The molecular weight excluding hydrogens is 360 g/mol. The van der Waals surface area contributed by atoms with Crippen LogP contribution in [0.15, 0.2) is 41.8 Å². The summed E-state index contributed by atoms with van der Waals surface area (Å²) >= 11 is 1.31. The molecule has 0 N–H and O–H groups in total. The molecule has 0 unspecified atom stereocenters. The molecule has 1 amide bonds. The largest absolute Gasteiger partial charge is 0.334 e. The number of nitrogens with zero attached hydrogens (tertiary/aromatic N) is 4. The molecule has 1 aliphatic heterocycles. The zero-order chi connectivity index (χ0) is 17.9. The maximum atomic E-state index is 12.8. The Hall–Kier alpha value is -1.87. The van der Waals surface area contributed by atoms with Gasteiger partial charge in [0.05, 0.1) is 17.3 Å². The predicted octanol–water partition coefficient (Wildman–Crippen LogP) is 1.12. The minimum Gasteiger partial charge on any atom is -0.334 e. The van der Waals surface area contributed by atoms with Crippen LogP contribution in [0.2, 0.25) is 0 Å². The Morgan fingerprint density at radius 2 is 2.12 bits per heavy atom. The van der Waals surface area contributed by atoms with Crippen LogP contribution in [0.1, 0.15) is 12.0 Å². The number of carbonyl (C=O) groups is 1. The van der Waals surface area contributed by atoms with Gasteiger partial charge in [0.2, 0.25) is 5.91 Å². The second-order valence-corrected chi connectivity index (χ2v) is 9.25. The number of sulfone groups is 1. The Labute approximate surface area is 151 Å². The van der Waals surface area contributed by atoms with Crippen LogP contribution in [0.5, 0.6) is 0 Å². The highest BCUT2D eigenvalue weighted by atomic mass is 32.2. The average molecular weight is 380 g/mol. The average Bonchev–Trinajstić information content (AvgIpc) is 3.16. The lowest BCUT2D eigenvalue weighted by Gasteiger charge is -2.28. The minimum absolute atomic E-state index is 0.0419. The number of hydrogen-bond acceptors (Lipinski definition) is 6. The molecule has 0 spiro atoms. The molecule has 1 aromatic heterocycles. The van der Waals surface area contributed by atoms with E-state index in [1.165, 1.54) is 11.8 Å². The van der Waals surface area contributed by atoms with E-state index in [0.717, 1.165) is 5.56 Å². The molecular formula is C16H20N4O3S2. The summed E-state index contributed by atoms with van der Waals surface area (Å²) in [5.74, 6) is 0.307. The molecule has 7 nitrogen and oxygen atoms in total. The zero-order valence-electron chi connectivity index (χ0n) is 13.9. The molecule has 2 aromatic rings. The van der Waals surface area contributed by atoms with Gasteiger partial charge in [0.15, 0.2) is 15.0 Å². The first-order chi connectivity index (χ1) is 11.9. The summed E-state index contributed by atoms with van der Waals surface area (Å²) in [6.07, 6.45) is 2.08. The maximum Gasteiger partial charge on any atom is 0.233 e. The number of benzene rings is 1. The second kappa shape index (κ2) is 7.57. The van der Waals surface area contributed by atoms with Crippen molar-refractivity contribution in [3.8, 4) is 0 Å². The van der Waals surface area contributed by atoms with Gasteiger partial charge >= 0.3 is 0 Å². The molecule has 0 saturated carbocycles. The van der Waals surface area contributed by atoms with Crippen LogP contribution in [0.4, 0.5) is 0 Å². The molecule has 3 rings (SSSR count). The van der Waals surface area contributed by atoms with Gasteiger partial charge in [0.1, 0.15) is 6.33 Å². The number of thioether (sulfide) groups is 1. The highest BCUT2D eigenvalue weighted by molar-refractivity contribution is 7.99. The number of aromatic nitrogens is 3. The van der Waals surface area contributed by atoms with Crippen molar-refractivity contribution in [2.75, 3.05) is 17.3 Å². The van der Waals surface area contributed by atoms with Crippen molar-refractivity contribution >= 4 is 27.5 Å². The highest BCUT2D eigenvalue weighted by Crippen LogP contribution is 2.22. The van der Waals surface area contributed by atoms with E-state index in [0.29, 0.717) is 18.1 Å². The molecule has 1 aromatic carbocycles. The van der Waals surface area contributed by atoms with Crippen LogP contribution < -0.4 is 0 Å². The van der Waals surface area contributed by atoms with Crippen molar-refractivity contribution in [2.24, 2.45) is 7.05 Å². The Kier molecular flexibility index (Phi) is 5.43. The molecule has 2 heterocycles. The third-order valence-corrected chi connectivity index (χ3v) is 6.93. The first-order valence-electron chi connectivity index (χ1n) is 7.95. The number of aryl methyl sites for hydroxylation is 1. The molecule has 1 atom stereocenters. The van der Waals surface area contributed by atoms with Crippen LogP contribution in [-0.4, -0.2) is 57.3 Å². The van der Waals surface area contributed by atoms with E-state index in [4.69, 9.17) is 0 Å². The van der Waals surface area contributed by atoms with Crippen molar-refractivity contribution in [1.29, 1.82) is 0 Å². The fraction of sp³-hybridized carbons (Fsp3) is 0.438. The van der Waals surface area contributed by atoms with Crippen molar-refractivity contribution in [2.45, 2.75) is 24.2 Å². The summed E-state index contributed by atoms with van der Waals surface area (Å²) in [7, 11) is -1.24. The summed E-state index contributed by atoms with van der Waals surface area (Å²) in [5.41, 5.74) is 0.990. The van der Waals surface area contributed by atoms with Crippen molar-refractivity contribution in [3.05, 3.63) is 42.2 Å². The Morgan fingerprint density at radius 3 is 2.72 bits per heavy atom. The SMILES string of the molecule is Cn1cnnc1SCC(=O)N(Cc1ccccc1)[C@H]1CCS(=O)(=O)C1. The molecule has 1 fully saturated rings. The van der Waals surface area contributed by atoms with E-state index in [9.17, 15) is 13.2 Å². The topological polar surface area (TPSA) is 85.2 Å². The van der Waals surface area contributed by atoms with Crippen molar-refractivity contribution in [3.63, 3.8) is 0 Å². The van der Waals surface area contributed by atoms with Gasteiger partial charge in [-0.3, -0.25) is 4.79 Å². The smallest absolute Gasteiger partial charge is 0.233 e. The first-order valence-corrected chi connectivity index (χ1v) is 10.8. The molecule has 0 bridgehead atoms. The zero-order valence-corrected chi connectivity index (χ0v) is 15.5. The molecule has 134 valence electrons. The molecule has 0 aliphatic carbocycles. The molecule has 1 saturated heterocycles. The lowest BCUT2D eigenvalue weighted by Crippen LogP contribution is -2.41. The van der Waals surface area contributed by atoms with Crippen LogP contribution in [-0.2, 0) is 28.2 Å². The fourth-order valence-corrected chi connectivity index (χ4v) is 5.34. The van der Waals surface area contributed by atoms with Crippen LogP contribution in [0.3, 0.4) is 0 Å². The lowest BCUT2D eigenvalue weighted by atomic mass is 10.1. The van der Waals surface area contributed by atoms with Gasteiger partial charge in [-0.25, -0.2) is 8.42 Å². The van der Waals surface area contributed by atoms with Gasteiger partial charge in [0.25, 0.3) is 0 Å². The normalized spacial score (nSPS) is 19.0. The quantitative estimate of drug-likeness (QED) is 0.698. The monoisotopic (exact) mass is 380 g/mol. The number of rotatable bonds is 6. The van der Waals surface area contributed by atoms with Gasteiger partial charge in [-0.1, -0.05) is 42.1 Å². The first kappa shape index (κ1) is 17.9. The maximum absolute atomic E-state index is 12.8. The number of hydrogen-bond donors (Lipinski definition) is 0. The number of carbonyl (C=O) groups excluding carboxylic acids is 1. The van der Waals surface area contributed by atoms with Crippen molar-refractivity contribution in [1.82, 2.24) is 19.7 Å². The van der Waals surface area contributed by atoms with Crippen molar-refractivity contribution < 1.29 is 13.2 Å². The second-order valence-electron chi connectivity index (χ2n) is 6.08. The van der Waals surface area contributed by atoms with Gasteiger partial charge in [-0.05, 0) is 12.0 Å². The van der Waals surface area contributed by atoms with E-state index < -0.39 is 9.84 Å². The Bertz CT molecular complexity index is 836. The van der Waals surface area contributed by atoms with Crippen LogP contribution in [0, 0.1) is 0 Å². The van der Waals surface area contributed by atoms with E-state index in [-0.39, 0.29) is 29.2 Å². The summed E-state index contributed by atoms with van der Waals surface area (Å²) in [6, 6.07) is 9.37. The minimum atomic E-state index is -3.06. The summed E-state index contributed by atoms with van der Waals surface area (Å²) in [6.45, 7) is 0.416. The molecule has 25 heavy (non-hydrogen) atoms. The van der Waals surface area contributed by atoms with Gasteiger partial charge in [-0.2, -0.15) is 0 Å². The van der Waals surface area contributed by atoms with E-state index in [2.05, 4.69) is 10.2 Å². The molecule has 1 aliphatic rings. The van der Waals surface area contributed by atoms with Gasteiger partial charge in [-0.15, -0.1) is 10.2 Å². The highest BCUT2D eigenvalue weighted by Gasteiger charge is 2.34. The Morgan fingerprint density at radius 1 is 1.36 bits per heavy atom. The summed E-state index contributed by atoms with van der Waals surface area (Å²) in [4.78, 5) is 14.5. The van der Waals surface area contributed by atoms with E-state index in [1.54, 1.807) is 15.8 Å². The van der Waals surface area contributed by atoms with Crippen LogP contribution in [0.25, 0.3) is 0 Å². The lowest BCUT2D eigenvalue weighted by molar-refractivity contribution is -0.130. The standard InChI is InChI=1S/C16H20N4O3S2/c1-19-12-17-18-16(19)24-10-15(21)20(9-13-5-3-2-4-6-13)14-7-8-25(22,23)11-14/h2-6,12,14H,7-11H2,1H3/t14-/m0/s1. The summed E-state index contributed by atoms with van der Waals surface area (Å²) < 4.78 is 25.4. The Balaban J connectivity index is 1.73. The van der Waals surface area contributed by atoms with E-state index >= 15 is 0 Å². The third-order valence-electron chi connectivity index (χ3n) is 4.16. The van der Waals surface area contributed by atoms with Gasteiger partial charge < -0.3 is 9.47 Å².